The summed E-state index contributed by atoms with van der Waals surface area (Å²) in [5.41, 5.74) is 6.96. The van der Waals surface area contributed by atoms with E-state index >= 15 is 0 Å². The average molecular weight is 287 g/mol. The van der Waals surface area contributed by atoms with Crippen LogP contribution in [0.3, 0.4) is 0 Å². The van der Waals surface area contributed by atoms with Crippen LogP contribution in [0, 0.1) is 0 Å². The van der Waals surface area contributed by atoms with Crippen LogP contribution >= 0.6 is 27.5 Å². The lowest BCUT2D eigenvalue weighted by Gasteiger charge is -2.08. The third kappa shape index (κ3) is 2.43. The van der Waals surface area contributed by atoms with Crippen LogP contribution in [0.5, 0.6) is 0 Å². The predicted octanol–water partition coefficient (Wildman–Crippen LogP) is 3.74. The zero-order valence-electron chi connectivity index (χ0n) is 7.78. The Morgan fingerprint density at radius 1 is 1.27 bits per heavy atom. The van der Waals surface area contributed by atoms with Gasteiger partial charge >= 0.3 is 0 Å². The zero-order chi connectivity index (χ0) is 10.8. The molecule has 0 bridgehead atoms. The number of hydrogen-bond donors (Lipinski definition) is 1. The molecule has 0 aliphatic carbocycles. The Morgan fingerprint density at radius 3 is 2.67 bits per heavy atom. The smallest absolute Gasteiger partial charge is 0.169 e. The first-order chi connectivity index (χ1) is 7.16. The van der Waals surface area contributed by atoms with Crippen molar-refractivity contribution in [1.82, 2.24) is 0 Å². The molecule has 0 aliphatic heterocycles. The predicted molar refractivity (Wildman–Crippen MR) is 63.9 cm³/mol. The Labute approximate surface area is 101 Å². The highest BCUT2D eigenvalue weighted by Crippen LogP contribution is 2.25. The molecule has 2 aromatic rings. The molecule has 0 radical (unpaired) electrons. The molecule has 0 fully saturated rings. The van der Waals surface area contributed by atoms with E-state index in [9.17, 15) is 0 Å². The van der Waals surface area contributed by atoms with Gasteiger partial charge in [0.2, 0.25) is 0 Å². The molecule has 0 saturated heterocycles. The van der Waals surface area contributed by atoms with E-state index in [-0.39, 0.29) is 6.04 Å². The molecule has 4 heteroatoms. The molecule has 1 atom stereocenters. The molecular formula is C11H9BrClNO. The third-order valence-corrected chi connectivity index (χ3v) is 2.77. The summed E-state index contributed by atoms with van der Waals surface area (Å²) in [6.07, 6.45) is 0. The van der Waals surface area contributed by atoms with Crippen LogP contribution in [0.2, 0.25) is 5.02 Å². The molecule has 1 unspecified atom stereocenters. The Balaban J connectivity index is 2.32. The standard InChI is InChI=1S/C11H9BrClNO/c12-10-5-4-9(15-10)11(14)7-2-1-3-8(13)6-7/h1-6,11H,14H2. The normalized spacial score (nSPS) is 12.7. The van der Waals surface area contributed by atoms with Crippen molar-refractivity contribution in [3.63, 3.8) is 0 Å². The molecule has 2 rings (SSSR count). The summed E-state index contributed by atoms with van der Waals surface area (Å²) in [7, 11) is 0. The van der Waals surface area contributed by atoms with E-state index in [1.165, 1.54) is 0 Å². The highest BCUT2D eigenvalue weighted by atomic mass is 79.9. The lowest BCUT2D eigenvalue weighted by atomic mass is 10.1. The summed E-state index contributed by atoms with van der Waals surface area (Å²) in [4.78, 5) is 0. The fourth-order valence-electron chi connectivity index (χ4n) is 1.36. The van der Waals surface area contributed by atoms with Crippen LogP contribution in [0.25, 0.3) is 0 Å². The molecule has 1 aromatic carbocycles. The van der Waals surface area contributed by atoms with Crippen LogP contribution in [-0.4, -0.2) is 0 Å². The number of furan rings is 1. The largest absolute Gasteiger partial charge is 0.452 e. The fraction of sp³-hybridized carbons (Fsp3) is 0.0909. The molecule has 2 N–H and O–H groups in total. The fourth-order valence-corrected chi connectivity index (χ4v) is 1.88. The van der Waals surface area contributed by atoms with Gasteiger partial charge in [-0.3, -0.25) is 0 Å². The quantitative estimate of drug-likeness (QED) is 0.913. The summed E-state index contributed by atoms with van der Waals surface area (Å²) in [5, 5.41) is 0.675. The van der Waals surface area contributed by atoms with Gasteiger partial charge in [0.05, 0.1) is 6.04 Å². The molecular weight excluding hydrogens is 277 g/mol. The molecule has 1 heterocycles. The van der Waals surface area contributed by atoms with Gasteiger partial charge < -0.3 is 10.2 Å². The summed E-state index contributed by atoms with van der Waals surface area (Å²) in [6, 6.07) is 10.8. The van der Waals surface area contributed by atoms with Crippen molar-refractivity contribution in [1.29, 1.82) is 0 Å². The number of rotatable bonds is 2. The highest BCUT2D eigenvalue weighted by molar-refractivity contribution is 9.10. The highest BCUT2D eigenvalue weighted by Gasteiger charge is 2.12. The first-order valence-corrected chi connectivity index (χ1v) is 5.60. The topological polar surface area (TPSA) is 39.2 Å². The molecule has 2 nitrogen and oxygen atoms in total. The van der Waals surface area contributed by atoms with Crippen molar-refractivity contribution < 1.29 is 4.42 Å². The Morgan fingerprint density at radius 2 is 2.07 bits per heavy atom. The summed E-state index contributed by atoms with van der Waals surface area (Å²) < 4.78 is 6.06. The van der Waals surface area contributed by atoms with E-state index in [1.807, 2.05) is 36.4 Å². The molecule has 0 amide bonds. The van der Waals surface area contributed by atoms with E-state index in [1.54, 1.807) is 0 Å². The van der Waals surface area contributed by atoms with Crippen molar-refractivity contribution in [2.75, 3.05) is 0 Å². The minimum atomic E-state index is -0.282. The number of benzene rings is 1. The van der Waals surface area contributed by atoms with Gasteiger partial charge in [0.15, 0.2) is 4.67 Å². The molecule has 15 heavy (non-hydrogen) atoms. The summed E-state index contributed by atoms with van der Waals surface area (Å²) in [5.74, 6) is 0.712. The molecule has 0 spiro atoms. The molecule has 1 aromatic heterocycles. The minimum Gasteiger partial charge on any atom is -0.452 e. The van der Waals surface area contributed by atoms with Gasteiger partial charge in [0.25, 0.3) is 0 Å². The Bertz CT molecular complexity index is 469. The lowest BCUT2D eigenvalue weighted by Crippen LogP contribution is -2.10. The molecule has 0 saturated carbocycles. The maximum absolute atomic E-state index is 6.03. The van der Waals surface area contributed by atoms with E-state index in [0.717, 1.165) is 5.56 Å². The lowest BCUT2D eigenvalue weighted by molar-refractivity contribution is 0.470. The Hall–Kier alpha value is -0.770. The number of hydrogen-bond acceptors (Lipinski definition) is 2. The van der Waals surface area contributed by atoms with Gasteiger partial charge in [0, 0.05) is 5.02 Å². The summed E-state index contributed by atoms with van der Waals surface area (Å²) >= 11 is 9.13. The van der Waals surface area contributed by atoms with Crippen LogP contribution in [0.4, 0.5) is 0 Å². The molecule has 0 aliphatic rings. The van der Waals surface area contributed by atoms with Gasteiger partial charge in [-0.25, -0.2) is 0 Å². The van der Waals surface area contributed by atoms with Gasteiger partial charge in [-0.05, 0) is 45.8 Å². The van der Waals surface area contributed by atoms with Gasteiger partial charge in [-0.1, -0.05) is 23.7 Å². The van der Waals surface area contributed by atoms with E-state index in [4.69, 9.17) is 21.8 Å². The van der Waals surface area contributed by atoms with Crippen LogP contribution in [-0.2, 0) is 0 Å². The van der Waals surface area contributed by atoms with Gasteiger partial charge in [-0.2, -0.15) is 0 Å². The van der Waals surface area contributed by atoms with Crippen molar-refractivity contribution in [2.24, 2.45) is 5.73 Å². The zero-order valence-corrected chi connectivity index (χ0v) is 10.1. The van der Waals surface area contributed by atoms with Crippen LogP contribution < -0.4 is 5.73 Å². The molecule has 78 valence electrons. The second-order valence-corrected chi connectivity index (χ2v) is 4.39. The van der Waals surface area contributed by atoms with Crippen molar-refractivity contribution in [3.05, 3.63) is 57.4 Å². The summed E-state index contributed by atoms with van der Waals surface area (Å²) in [6.45, 7) is 0. The van der Waals surface area contributed by atoms with Gasteiger partial charge in [-0.15, -0.1) is 0 Å². The third-order valence-electron chi connectivity index (χ3n) is 2.11. The second kappa shape index (κ2) is 4.39. The van der Waals surface area contributed by atoms with Crippen LogP contribution in [0.15, 0.2) is 45.5 Å². The second-order valence-electron chi connectivity index (χ2n) is 3.17. The average Bonchev–Trinajstić information content (AvgIpc) is 2.64. The SMILES string of the molecule is NC(c1cccc(Cl)c1)c1ccc(Br)o1. The Kier molecular flexibility index (Phi) is 3.14. The first-order valence-electron chi connectivity index (χ1n) is 4.43. The van der Waals surface area contributed by atoms with Crippen molar-refractivity contribution >= 4 is 27.5 Å². The number of nitrogens with two attached hydrogens (primary N) is 1. The van der Waals surface area contributed by atoms with Crippen molar-refractivity contribution in [3.8, 4) is 0 Å². The number of halogens is 2. The monoisotopic (exact) mass is 285 g/mol. The van der Waals surface area contributed by atoms with E-state index < -0.39 is 0 Å². The van der Waals surface area contributed by atoms with E-state index in [2.05, 4.69) is 15.9 Å². The maximum Gasteiger partial charge on any atom is 0.169 e. The van der Waals surface area contributed by atoms with Crippen LogP contribution in [0.1, 0.15) is 17.4 Å². The van der Waals surface area contributed by atoms with Crippen molar-refractivity contribution in [2.45, 2.75) is 6.04 Å². The maximum atomic E-state index is 6.03. The first kappa shape index (κ1) is 10.7. The minimum absolute atomic E-state index is 0.282. The van der Waals surface area contributed by atoms with Gasteiger partial charge in [0.1, 0.15) is 5.76 Å². The van der Waals surface area contributed by atoms with E-state index in [0.29, 0.717) is 15.5 Å².